The second-order valence-corrected chi connectivity index (χ2v) is 6.85. The molecule has 0 saturated heterocycles. The Morgan fingerprint density at radius 3 is 2.13 bits per heavy atom. The van der Waals surface area contributed by atoms with E-state index in [4.69, 9.17) is 4.52 Å². The Kier molecular flexibility index (Phi) is 3.95. The average molecular weight is 227 g/mol. The fraction of sp³-hybridized carbons (Fsp3) is 0.455. The molecule has 0 atom stereocenters. The van der Waals surface area contributed by atoms with Crippen LogP contribution in [0.2, 0.25) is 0 Å². The second-order valence-electron chi connectivity index (χ2n) is 4.09. The highest BCUT2D eigenvalue weighted by Gasteiger charge is 2.06. The van der Waals surface area contributed by atoms with Gasteiger partial charge < -0.3 is 9.42 Å². The molecule has 0 N–H and O–H groups in total. The molecule has 0 aliphatic rings. The molecule has 15 heavy (non-hydrogen) atoms. The molecular weight excluding hydrogens is 209 g/mol. The highest BCUT2D eigenvalue weighted by atomic mass is 31.2. The lowest BCUT2D eigenvalue weighted by atomic mass is 10.2. The predicted octanol–water partition coefficient (Wildman–Crippen LogP) is 2.81. The minimum absolute atomic E-state index is 0.415. The summed E-state index contributed by atoms with van der Waals surface area (Å²) in [7, 11) is 1.62. The number of hydrogen-bond donors (Lipinski definition) is 0. The molecule has 0 spiro atoms. The minimum atomic E-state index is -2.37. The van der Waals surface area contributed by atoms with Gasteiger partial charge in [-0.25, -0.2) is 0 Å². The summed E-state index contributed by atoms with van der Waals surface area (Å²) < 4.78 is 16.6. The summed E-state index contributed by atoms with van der Waals surface area (Å²) in [5, 5.41) is 0. The Bertz CT molecular complexity index is 353. The summed E-state index contributed by atoms with van der Waals surface area (Å²) in [6.07, 6.45) is 0. The number of hydrogen-bond acceptors (Lipinski definition) is 3. The first kappa shape index (κ1) is 12.3. The topological polar surface area (TPSA) is 29.5 Å². The van der Waals surface area contributed by atoms with Gasteiger partial charge in [0.15, 0.2) is 7.37 Å². The molecule has 0 heterocycles. The first-order chi connectivity index (χ1) is 6.88. The van der Waals surface area contributed by atoms with Crippen LogP contribution in [-0.4, -0.2) is 27.4 Å². The van der Waals surface area contributed by atoms with Crippen molar-refractivity contribution in [2.75, 3.05) is 32.3 Å². The molecule has 4 heteroatoms. The van der Waals surface area contributed by atoms with E-state index in [2.05, 4.69) is 0 Å². The van der Waals surface area contributed by atoms with Crippen LogP contribution in [0, 0.1) is 0 Å². The average Bonchev–Trinajstić information content (AvgIpc) is 2.14. The smallest absolute Gasteiger partial charge is 0.197 e. The van der Waals surface area contributed by atoms with Crippen LogP contribution in [0.5, 0.6) is 0 Å². The molecule has 3 nitrogen and oxygen atoms in total. The van der Waals surface area contributed by atoms with Gasteiger partial charge in [-0.05, 0) is 17.7 Å². The zero-order chi connectivity index (χ0) is 11.5. The number of anilines is 1. The van der Waals surface area contributed by atoms with E-state index in [-0.39, 0.29) is 0 Å². The summed E-state index contributed by atoms with van der Waals surface area (Å²) in [5.41, 5.74) is 2.19. The molecule has 0 unspecified atom stereocenters. The highest BCUT2D eigenvalue weighted by Crippen LogP contribution is 2.38. The van der Waals surface area contributed by atoms with Crippen LogP contribution in [0.25, 0.3) is 0 Å². The molecular formula is C11H18NO2P. The molecule has 0 aliphatic carbocycles. The maximum Gasteiger partial charge on any atom is 0.197 e. The van der Waals surface area contributed by atoms with Crippen LogP contribution < -0.4 is 4.90 Å². The van der Waals surface area contributed by atoms with Gasteiger partial charge in [-0.1, -0.05) is 12.1 Å². The van der Waals surface area contributed by atoms with Crippen LogP contribution in [0.15, 0.2) is 24.3 Å². The molecule has 0 amide bonds. The normalized spacial score (nSPS) is 11.5. The standard InChI is InChI=1S/C11H18NO2P/c1-12(2)11-7-5-10(6-8-11)9-14-15(3,4)13/h5-8H,9H2,1-4H3. The third kappa shape index (κ3) is 4.50. The summed E-state index contributed by atoms with van der Waals surface area (Å²) in [6, 6.07) is 8.03. The van der Waals surface area contributed by atoms with Gasteiger partial charge in [-0.2, -0.15) is 0 Å². The van der Waals surface area contributed by atoms with E-state index in [0.29, 0.717) is 6.61 Å². The SMILES string of the molecule is CN(C)c1ccc(COP(C)(C)=O)cc1. The zero-order valence-corrected chi connectivity index (χ0v) is 10.6. The summed E-state index contributed by atoms with van der Waals surface area (Å²) in [4.78, 5) is 2.04. The van der Waals surface area contributed by atoms with E-state index in [0.717, 1.165) is 11.3 Å². The Morgan fingerprint density at radius 1 is 1.20 bits per heavy atom. The number of benzene rings is 1. The third-order valence-electron chi connectivity index (χ3n) is 1.99. The number of rotatable bonds is 4. The maximum absolute atomic E-state index is 11.3. The number of nitrogens with zero attached hydrogens (tertiary/aromatic N) is 1. The van der Waals surface area contributed by atoms with Crippen LogP contribution in [0.1, 0.15) is 5.56 Å². The molecule has 0 aliphatic heterocycles. The molecule has 0 bridgehead atoms. The third-order valence-corrected chi connectivity index (χ3v) is 2.75. The van der Waals surface area contributed by atoms with Gasteiger partial charge >= 0.3 is 0 Å². The molecule has 0 fully saturated rings. The second kappa shape index (κ2) is 4.82. The van der Waals surface area contributed by atoms with E-state index in [1.54, 1.807) is 13.3 Å². The van der Waals surface area contributed by atoms with Crippen molar-refractivity contribution in [3.8, 4) is 0 Å². The van der Waals surface area contributed by atoms with Crippen molar-refractivity contribution in [2.45, 2.75) is 6.61 Å². The summed E-state index contributed by atoms with van der Waals surface area (Å²) in [6.45, 7) is 3.67. The predicted molar refractivity (Wildman–Crippen MR) is 65.0 cm³/mol. The van der Waals surface area contributed by atoms with E-state index in [1.807, 2.05) is 43.3 Å². The first-order valence-electron chi connectivity index (χ1n) is 4.84. The Labute approximate surface area is 91.5 Å². The Morgan fingerprint density at radius 2 is 1.73 bits per heavy atom. The molecule has 0 saturated carbocycles. The lowest BCUT2D eigenvalue weighted by molar-refractivity contribution is 0.310. The van der Waals surface area contributed by atoms with Crippen molar-refractivity contribution in [1.29, 1.82) is 0 Å². The van der Waals surface area contributed by atoms with Gasteiger partial charge in [0.1, 0.15) is 0 Å². The van der Waals surface area contributed by atoms with Gasteiger partial charge in [-0.3, -0.25) is 4.57 Å². The van der Waals surface area contributed by atoms with E-state index in [9.17, 15) is 4.57 Å². The monoisotopic (exact) mass is 227 g/mol. The van der Waals surface area contributed by atoms with Crippen LogP contribution in [-0.2, 0) is 15.7 Å². The lowest BCUT2D eigenvalue weighted by Crippen LogP contribution is -2.08. The lowest BCUT2D eigenvalue weighted by Gasteiger charge is -2.13. The molecule has 84 valence electrons. The van der Waals surface area contributed by atoms with Gasteiger partial charge in [0.2, 0.25) is 0 Å². The largest absolute Gasteiger partial charge is 0.378 e. The Hall–Kier alpha value is -0.790. The highest BCUT2D eigenvalue weighted by molar-refractivity contribution is 7.57. The van der Waals surface area contributed by atoms with Crippen molar-refractivity contribution in [1.82, 2.24) is 0 Å². The molecule has 1 aromatic carbocycles. The van der Waals surface area contributed by atoms with Gasteiger partial charge in [0.05, 0.1) is 6.61 Å². The van der Waals surface area contributed by atoms with E-state index >= 15 is 0 Å². The van der Waals surface area contributed by atoms with Gasteiger partial charge in [0.25, 0.3) is 0 Å². The maximum atomic E-state index is 11.3. The fourth-order valence-corrected chi connectivity index (χ4v) is 1.58. The van der Waals surface area contributed by atoms with Crippen LogP contribution in [0.3, 0.4) is 0 Å². The first-order valence-corrected chi connectivity index (χ1v) is 7.36. The summed E-state index contributed by atoms with van der Waals surface area (Å²) >= 11 is 0. The van der Waals surface area contributed by atoms with Gasteiger partial charge in [-0.15, -0.1) is 0 Å². The fourth-order valence-electron chi connectivity index (χ4n) is 1.12. The molecule has 0 aromatic heterocycles. The van der Waals surface area contributed by atoms with Crippen LogP contribution in [0.4, 0.5) is 5.69 Å². The Balaban J connectivity index is 2.61. The minimum Gasteiger partial charge on any atom is -0.378 e. The van der Waals surface area contributed by atoms with Gasteiger partial charge in [0, 0.05) is 33.1 Å². The molecule has 1 rings (SSSR count). The van der Waals surface area contributed by atoms with Crippen molar-refractivity contribution in [3.63, 3.8) is 0 Å². The molecule has 0 radical (unpaired) electrons. The van der Waals surface area contributed by atoms with E-state index in [1.165, 1.54) is 0 Å². The van der Waals surface area contributed by atoms with Crippen molar-refractivity contribution in [3.05, 3.63) is 29.8 Å². The van der Waals surface area contributed by atoms with Crippen LogP contribution >= 0.6 is 7.37 Å². The summed E-state index contributed by atoms with van der Waals surface area (Å²) in [5.74, 6) is 0. The molecule has 1 aromatic rings. The van der Waals surface area contributed by atoms with Crippen molar-refractivity contribution < 1.29 is 9.09 Å². The van der Waals surface area contributed by atoms with Crippen molar-refractivity contribution in [2.24, 2.45) is 0 Å². The van der Waals surface area contributed by atoms with Crippen molar-refractivity contribution >= 4 is 13.1 Å². The zero-order valence-electron chi connectivity index (χ0n) is 9.73. The van der Waals surface area contributed by atoms with E-state index < -0.39 is 7.37 Å². The quantitative estimate of drug-likeness (QED) is 0.741.